The van der Waals surface area contributed by atoms with Crippen LogP contribution in [-0.2, 0) is 11.8 Å². The number of anilines is 1. The quantitative estimate of drug-likeness (QED) is 0.815. The minimum Gasteiger partial charge on any atom is -0.496 e. The lowest BCUT2D eigenvalue weighted by Gasteiger charge is -2.11. The highest BCUT2D eigenvalue weighted by molar-refractivity contribution is 7.12. The van der Waals surface area contributed by atoms with Gasteiger partial charge in [-0.2, -0.15) is 0 Å². The Morgan fingerprint density at radius 3 is 2.91 bits per heavy atom. The summed E-state index contributed by atoms with van der Waals surface area (Å²) in [5.41, 5.74) is 1.49. The van der Waals surface area contributed by atoms with Gasteiger partial charge in [-0.1, -0.05) is 17.9 Å². The van der Waals surface area contributed by atoms with Crippen LogP contribution >= 0.6 is 11.3 Å². The van der Waals surface area contributed by atoms with Gasteiger partial charge in [0.15, 0.2) is 0 Å². The first kappa shape index (κ1) is 16.2. The Labute approximate surface area is 132 Å². The minimum absolute atomic E-state index is 0.0772. The second-order valence-electron chi connectivity index (χ2n) is 4.63. The summed E-state index contributed by atoms with van der Waals surface area (Å²) in [6.45, 7) is 4.47. The maximum absolute atomic E-state index is 8.97. The van der Waals surface area contributed by atoms with E-state index in [0.717, 1.165) is 10.7 Å². The van der Waals surface area contributed by atoms with E-state index < -0.39 is 0 Å². The van der Waals surface area contributed by atoms with E-state index in [-0.39, 0.29) is 6.61 Å². The van der Waals surface area contributed by atoms with Gasteiger partial charge in [-0.25, -0.2) is 4.68 Å². The van der Waals surface area contributed by atoms with E-state index in [1.165, 1.54) is 11.3 Å². The van der Waals surface area contributed by atoms with E-state index in [9.17, 15) is 0 Å². The molecule has 0 bridgehead atoms. The van der Waals surface area contributed by atoms with Gasteiger partial charge in [0.25, 0.3) is 0 Å². The summed E-state index contributed by atoms with van der Waals surface area (Å²) in [5, 5.41) is 22.5. The molecule has 1 aromatic heterocycles. The van der Waals surface area contributed by atoms with Gasteiger partial charge >= 0.3 is 0 Å². The Morgan fingerprint density at radius 1 is 1.45 bits per heavy atom. The lowest BCUT2D eigenvalue weighted by atomic mass is 10.1. The van der Waals surface area contributed by atoms with Crippen LogP contribution in [0.25, 0.3) is 0 Å². The van der Waals surface area contributed by atoms with Gasteiger partial charge in [-0.3, -0.25) is 0 Å². The van der Waals surface area contributed by atoms with Crippen LogP contribution in [0, 0.1) is 0 Å². The average Bonchev–Trinajstić information content (AvgIpc) is 2.88. The molecule has 1 aliphatic rings. The zero-order valence-corrected chi connectivity index (χ0v) is 13.7. The normalized spacial score (nSPS) is 17.1. The summed E-state index contributed by atoms with van der Waals surface area (Å²) < 4.78 is 6.87. The van der Waals surface area contributed by atoms with Crippen LogP contribution in [0.3, 0.4) is 0 Å². The highest BCUT2D eigenvalue weighted by Gasteiger charge is 2.08. The molecule has 0 aliphatic heterocycles. The van der Waals surface area contributed by atoms with Crippen LogP contribution in [-0.4, -0.2) is 47.9 Å². The van der Waals surface area contributed by atoms with Crippen molar-refractivity contribution in [1.29, 1.82) is 0 Å². The van der Waals surface area contributed by atoms with Crippen molar-refractivity contribution < 1.29 is 9.84 Å². The van der Waals surface area contributed by atoms with Gasteiger partial charge in [0.05, 0.1) is 19.4 Å². The summed E-state index contributed by atoms with van der Waals surface area (Å²) in [5.74, 6) is 0.675. The predicted molar refractivity (Wildman–Crippen MR) is 87.8 cm³/mol. The smallest absolute Gasteiger partial charge is 0.230 e. The molecule has 0 radical (unpaired) electrons. The average molecular weight is 321 g/mol. The maximum Gasteiger partial charge on any atom is 0.230 e. The van der Waals surface area contributed by atoms with Crippen molar-refractivity contribution in [3.8, 4) is 0 Å². The van der Waals surface area contributed by atoms with Gasteiger partial charge in [-0.05, 0) is 12.2 Å². The summed E-state index contributed by atoms with van der Waals surface area (Å²) >= 11 is 1.40. The number of hydrogen-bond acceptors (Lipinski definition) is 7. The first-order valence-corrected chi connectivity index (χ1v) is 7.47. The van der Waals surface area contributed by atoms with E-state index in [2.05, 4.69) is 21.9 Å². The summed E-state index contributed by atoms with van der Waals surface area (Å²) in [7, 11) is 5.27. The molecule has 0 spiro atoms. The van der Waals surface area contributed by atoms with Crippen LogP contribution in [0.1, 0.15) is 0 Å². The third-order valence-electron chi connectivity index (χ3n) is 2.98. The standard InChI is InChI=1S/C14H19N5O2S/c1-10-5-6-11(9-12(10)21-4)15-16-13-19(3)17-14(22-13)18(2)7-8-20/h5-6,9,20H,1,7-8H2,2-4H3/b15-11?,16-13-. The molecule has 1 aromatic rings. The van der Waals surface area contributed by atoms with Crippen molar-refractivity contribution in [2.45, 2.75) is 0 Å². The third kappa shape index (κ3) is 3.71. The number of nitrogens with zero attached hydrogens (tertiary/aromatic N) is 5. The zero-order valence-electron chi connectivity index (χ0n) is 12.9. The lowest BCUT2D eigenvalue weighted by molar-refractivity contribution is 0.303. The second kappa shape index (κ2) is 7.19. The van der Waals surface area contributed by atoms with Crippen molar-refractivity contribution in [1.82, 2.24) is 9.78 Å². The van der Waals surface area contributed by atoms with Gasteiger partial charge in [0, 0.05) is 32.3 Å². The SMILES string of the molecule is C=C1C=CC(=N/N=c2\sc(N(C)CCO)nn2C)C=C1OC. The van der Waals surface area contributed by atoms with Gasteiger partial charge in [0.1, 0.15) is 5.76 Å². The van der Waals surface area contributed by atoms with Crippen molar-refractivity contribution >= 4 is 22.2 Å². The number of likely N-dealkylation sites (N-methyl/N-ethyl adjacent to an activating group) is 1. The Hall–Kier alpha value is -2.19. The molecule has 1 aliphatic carbocycles. The molecule has 0 atom stereocenters. The first-order chi connectivity index (χ1) is 10.5. The molecule has 1 heterocycles. The molecule has 22 heavy (non-hydrogen) atoms. The molecule has 0 amide bonds. The van der Waals surface area contributed by atoms with Crippen LogP contribution in [0.5, 0.6) is 0 Å². The highest BCUT2D eigenvalue weighted by Crippen LogP contribution is 2.15. The van der Waals surface area contributed by atoms with Gasteiger partial charge in [-0.15, -0.1) is 15.3 Å². The zero-order chi connectivity index (χ0) is 16.1. The van der Waals surface area contributed by atoms with Crippen molar-refractivity contribution in [2.75, 3.05) is 32.2 Å². The molecule has 0 saturated heterocycles. The number of methoxy groups -OCH3 is 1. The monoisotopic (exact) mass is 321 g/mol. The Kier molecular flexibility index (Phi) is 5.29. The number of hydrogen-bond donors (Lipinski definition) is 1. The van der Waals surface area contributed by atoms with Crippen molar-refractivity contribution in [2.24, 2.45) is 17.3 Å². The third-order valence-corrected chi connectivity index (χ3v) is 4.08. The van der Waals surface area contributed by atoms with Crippen molar-refractivity contribution in [3.05, 3.63) is 40.9 Å². The maximum atomic E-state index is 8.97. The van der Waals surface area contributed by atoms with Crippen LogP contribution < -0.4 is 9.70 Å². The van der Waals surface area contributed by atoms with Gasteiger partial charge < -0.3 is 14.7 Å². The van der Waals surface area contributed by atoms with E-state index >= 15 is 0 Å². The number of aliphatic hydroxyl groups is 1. The lowest BCUT2D eigenvalue weighted by Crippen LogP contribution is -2.21. The number of aromatic nitrogens is 2. The molecular weight excluding hydrogens is 302 g/mol. The van der Waals surface area contributed by atoms with E-state index in [1.807, 2.05) is 24.1 Å². The largest absolute Gasteiger partial charge is 0.496 e. The molecule has 8 heteroatoms. The van der Waals surface area contributed by atoms with Gasteiger partial charge in [0.2, 0.25) is 9.93 Å². The fraction of sp³-hybridized carbons (Fsp3) is 0.357. The topological polar surface area (TPSA) is 75.2 Å². The fourth-order valence-electron chi connectivity index (χ4n) is 1.72. The summed E-state index contributed by atoms with van der Waals surface area (Å²) in [4.78, 5) is 2.53. The Balaban J connectivity index is 2.27. The van der Waals surface area contributed by atoms with Crippen LogP contribution in [0.4, 0.5) is 5.13 Å². The molecular formula is C14H19N5O2S. The molecule has 0 saturated carbocycles. The molecule has 0 fully saturated rings. The van der Waals surface area contributed by atoms with Crippen molar-refractivity contribution in [3.63, 3.8) is 0 Å². The number of ether oxygens (including phenoxy) is 1. The highest BCUT2D eigenvalue weighted by atomic mass is 32.1. The van der Waals surface area contributed by atoms with E-state index in [0.29, 0.717) is 22.8 Å². The number of rotatable bonds is 5. The van der Waals surface area contributed by atoms with E-state index in [4.69, 9.17) is 9.84 Å². The first-order valence-electron chi connectivity index (χ1n) is 6.66. The predicted octanol–water partition coefficient (Wildman–Crippen LogP) is 0.823. The second-order valence-corrected chi connectivity index (χ2v) is 5.57. The van der Waals surface area contributed by atoms with Crippen LogP contribution in [0.15, 0.2) is 46.3 Å². The van der Waals surface area contributed by atoms with Crippen LogP contribution in [0.2, 0.25) is 0 Å². The Bertz CT molecular complexity index is 711. The molecule has 2 rings (SSSR count). The Morgan fingerprint density at radius 2 is 2.23 bits per heavy atom. The number of aryl methyl sites for hydroxylation is 1. The fourth-order valence-corrected chi connectivity index (χ4v) is 2.55. The van der Waals surface area contributed by atoms with E-state index in [1.54, 1.807) is 24.9 Å². The minimum atomic E-state index is 0.0772. The number of aliphatic hydroxyl groups excluding tert-OH is 1. The molecule has 1 N–H and O–H groups in total. The molecule has 118 valence electrons. The summed E-state index contributed by atoms with van der Waals surface area (Å²) in [6.07, 6.45) is 5.44. The number of allylic oxidation sites excluding steroid dienone is 3. The molecule has 0 aromatic carbocycles. The molecule has 7 nitrogen and oxygen atoms in total. The summed E-state index contributed by atoms with van der Waals surface area (Å²) in [6, 6.07) is 0. The molecule has 0 unspecified atom stereocenters.